The summed E-state index contributed by atoms with van der Waals surface area (Å²) in [6, 6.07) is 0. The molecule has 0 amide bonds. The van der Waals surface area contributed by atoms with Gasteiger partial charge in [0.2, 0.25) is 0 Å². The highest BCUT2D eigenvalue weighted by atomic mass is 16.5. The number of allylic oxidation sites excluding steroid dienone is 1. The van der Waals surface area contributed by atoms with Gasteiger partial charge in [-0.05, 0) is 12.6 Å². The van der Waals surface area contributed by atoms with Crippen LogP contribution in [0.15, 0.2) is 12.3 Å². The second-order valence-corrected chi connectivity index (χ2v) is 2.44. The summed E-state index contributed by atoms with van der Waals surface area (Å²) in [4.78, 5) is 2.30. The molecule has 0 saturated carbocycles. The Labute approximate surface area is 62.5 Å². The summed E-state index contributed by atoms with van der Waals surface area (Å²) in [7, 11) is 0. The molecule has 0 aromatic heterocycles. The second-order valence-electron chi connectivity index (χ2n) is 2.44. The number of hydrogen-bond acceptors (Lipinski definition) is 2. The number of ether oxygens (including phenoxy) is 1. The van der Waals surface area contributed by atoms with Crippen molar-refractivity contribution in [2.75, 3.05) is 26.3 Å². The summed E-state index contributed by atoms with van der Waals surface area (Å²) < 4.78 is 5.20. The molecule has 1 heterocycles. The van der Waals surface area contributed by atoms with Crippen molar-refractivity contribution in [3.63, 3.8) is 0 Å². The molecule has 0 aliphatic carbocycles. The fourth-order valence-corrected chi connectivity index (χ4v) is 0.981. The van der Waals surface area contributed by atoms with Crippen molar-refractivity contribution in [3.05, 3.63) is 12.3 Å². The molecular formula is C8H15NO. The third kappa shape index (κ3) is 2.40. The molecular weight excluding hydrogens is 126 g/mol. The SMILES string of the molecule is CCC=CN1CCOCC1. The molecule has 1 fully saturated rings. The molecule has 0 spiro atoms. The quantitative estimate of drug-likeness (QED) is 0.573. The molecule has 1 saturated heterocycles. The predicted octanol–water partition coefficient (Wildman–Crippen LogP) is 1.24. The zero-order valence-corrected chi connectivity index (χ0v) is 6.55. The first kappa shape index (κ1) is 7.61. The van der Waals surface area contributed by atoms with Gasteiger partial charge in [-0.25, -0.2) is 0 Å². The lowest BCUT2D eigenvalue weighted by Gasteiger charge is -2.24. The second kappa shape index (κ2) is 4.34. The molecule has 0 unspecified atom stereocenters. The fraction of sp³-hybridized carbons (Fsp3) is 0.750. The van der Waals surface area contributed by atoms with E-state index in [0.717, 1.165) is 32.7 Å². The van der Waals surface area contributed by atoms with E-state index in [9.17, 15) is 0 Å². The third-order valence-corrected chi connectivity index (χ3v) is 1.60. The molecule has 0 N–H and O–H groups in total. The van der Waals surface area contributed by atoms with Crippen LogP contribution in [0.5, 0.6) is 0 Å². The Kier molecular flexibility index (Phi) is 3.30. The van der Waals surface area contributed by atoms with Crippen molar-refractivity contribution in [1.82, 2.24) is 4.90 Å². The maximum atomic E-state index is 5.20. The van der Waals surface area contributed by atoms with Gasteiger partial charge < -0.3 is 9.64 Å². The molecule has 0 atom stereocenters. The highest BCUT2D eigenvalue weighted by Gasteiger charge is 2.03. The molecule has 2 heteroatoms. The largest absolute Gasteiger partial charge is 0.378 e. The number of hydrogen-bond donors (Lipinski definition) is 0. The molecule has 1 rings (SSSR count). The Balaban J connectivity index is 2.19. The van der Waals surface area contributed by atoms with E-state index in [1.54, 1.807) is 0 Å². The van der Waals surface area contributed by atoms with Gasteiger partial charge in [-0.2, -0.15) is 0 Å². The highest BCUT2D eigenvalue weighted by molar-refractivity contribution is 4.82. The Hall–Kier alpha value is -0.500. The van der Waals surface area contributed by atoms with Crippen molar-refractivity contribution in [2.24, 2.45) is 0 Å². The van der Waals surface area contributed by atoms with Gasteiger partial charge >= 0.3 is 0 Å². The Morgan fingerprint density at radius 3 is 2.70 bits per heavy atom. The van der Waals surface area contributed by atoms with Crippen molar-refractivity contribution in [1.29, 1.82) is 0 Å². The summed E-state index contributed by atoms with van der Waals surface area (Å²) in [5, 5.41) is 0. The smallest absolute Gasteiger partial charge is 0.0642 e. The van der Waals surface area contributed by atoms with Crippen LogP contribution < -0.4 is 0 Å². The minimum atomic E-state index is 0.883. The third-order valence-electron chi connectivity index (χ3n) is 1.60. The number of nitrogens with zero attached hydrogens (tertiary/aromatic N) is 1. The van der Waals surface area contributed by atoms with Crippen LogP contribution >= 0.6 is 0 Å². The zero-order valence-electron chi connectivity index (χ0n) is 6.55. The van der Waals surface area contributed by atoms with Gasteiger partial charge in [0, 0.05) is 13.1 Å². The Morgan fingerprint density at radius 2 is 2.10 bits per heavy atom. The monoisotopic (exact) mass is 141 g/mol. The molecule has 0 aromatic carbocycles. The summed E-state index contributed by atoms with van der Waals surface area (Å²) >= 11 is 0. The summed E-state index contributed by atoms with van der Waals surface area (Å²) in [6.07, 6.45) is 5.48. The van der Waals surface area contributed by atoms with E-state index < -0.39 is 0 Å². The van der Waals surface area contributed by atoms with Crippen LogP contribution in [-0.2, 0) is 4.74 Å². The van der Waals surface area contributed by atoms with E-state index in [1.165, 1.54) is 0 Å². The molecule has 0 radical (unpaired) electrons. The number of rotatable bonds is 2. The summed E-state index contributed by atoms with van der Waals surface area (Å²) in [6.45, 7) is 6.02. The van der Waals surface area contributed by atoms with Gasteiger partial charge in [0.05, 0.1) is 13.2 Å². The topological polar surface area (TPSA) is 12.5 Å². The lowest BCUT2D eigenvalue weighted by atomic mass is 10.4. The average Bonchev–Trinajstić information content (AvgIpc) is 2.03. The average molecular weight is 141 g/mol. The van der Waals surface area contributed by atoms with Crippen LogP contribution in [0.25, 0.3) is 0 Å². The van der Waals surface area contributed by atoms with Gasteiger partial charge in [0.1, 0.15) is 0 Å². The van der Waals surface area contributed by atoms with Crippen molar-refractivity contribution in [3.8, 4) is 0 Å². The lowest BCUT2D eigenvalue weighted by molar-refractivity contribution is 0.0593. The van der Waals surface area contributed by atoms with Gasteiger partial charge in [0.25, 0.3) is 0 Å². The lowest BCUT2D eigenvalue weighted by Crippen LogP contribution is -2.31. The van der Waals surface area contributed by atoms with E-state index in [4.69, 9.17) is 4.74 Å². The van der Waals surface area contributed by atoms with Crippen LogP contribution in [0, 0.1) is 0 Å². The minimum Gasteiger partial charge on any atom is -0.378 e. The minimum absolute atomic E-state index is 0.883. The first-order valence-electron chi connectivity index (χ1n) is 3.92. The van der Waals surface area contributed by atoms with Gasteiger partial charge in [0.15, 0.2) is 0 Å². The van der Waals surface area contributed by atoms with E-state index >= 15 is 0 Å². The van der Waals surface area contributed by atoms with Crippen LogP contribution in [0.3, 0.4) is 0 Å². The van der Waals surface area contributed by atoms with Crippen LogP contribution in [-0.4, -0.2) is 31.2 Å². The van der Waals surface area contributed by atoms with E-state index in [2.05, 4.69) is 24.1 Å². The number of morpholine rings is 1. The van der Waals surface area contributed by atoms with E-state index in [-0.39, 0.29) is 0 Å². The first-order valence-corrected chi connectivity index (χ1v) is 3.92. The molecule has 10 heavy (non-hydrogen) atoms. The normalized spacial score (nSPS) is 20.3. The van der Waals surface area contributed by atoms with E-state index in [1.807, 2.05) is 0 Å². The highest BCUT2D eigenvalue weighted by Crippen LogP contribution is 1.97. The van der Waals surface area contributed by atoms with E-state index in [0.29, 0.717) is 0 Å². The fourth-order valence-electron chi connectivity index (χ4n) is 0.981. The van der Waals surface area contributed by atoms with Gasteiger partial charge in [-0.3, -0.25) is 0 Å². The van der Waals surface area contributed by atoms with Gasteiger partial charge in [-0.1, -0.05) is 13.0 Å². The van der Waals surface area contributed by atoms with Crippen LogP contribution in [0.4, 0.5) is 0 Å². The molecule has 0 aromatic rings. The molecule has 1 aliphatic rings. The maximum absolute atomic E-state index is 5.20. The zero-order chi connectivity index (χ0) is 7.23. The Bertz CT molecular complexity index is 106. The maximum Gasteiger partial charge on any atom is 0.0642 e. The summed E-state index contributed by atoms with van der Waals surface area (Å²) in [5.41, 5.74) is 0. The van der Waals surface area contributed by atoms with Crippen molar-refractivity contribution >= 4 is 0 Å². The van der Waals surface area contributed by atoms with Crippen LogP contribution in [0.1, 0.15) is 13.3 Å². The summed E-state index contributed by atoms with van der Waals surface area (Å²) in [5.74, 6) is 0. The molecule has 58 valence electrons. The van der Waals surface area contributed by atoms with Crippen molar-refractivity contribution < 1.29 is 4.74 Å². The van der Waals surface area contributed by atoms with Crippen molar-refractivity contribution in [2.45, 2.75) is 13.3 Å². The standard InChI is InChI=1S/C8H15NO/c1-2-3-4-9-5-7-10-8-6-9/h3-4H,2,5-8H2,1H3. The molecule has 2 nitrogen and oxygen atoms in total. The molecule has 1 aliphatic heterocycles. The molecule has 0 bridgehead atoms. The Morgan fingerprint density at radius 1 is 1.40 bits per heavy atom. The first-order chi connectivity index (χ1) is 4.93. The predicted molar refractivity (Wildman–Crippen MR) is 41.8 cm³/mol. The van der Waals surface area contributed by atoms with Crippen LogP contribution in [0.2, 0.25) is 0 Å². The van der Waals surface area contributed by atoms with Gasteiger partial charge in [-0.15, -0.1) is 0 Å².